The molecule has 0 spiro atoms. The van der Waals surface area contributed by atoms with Gasteiger partial charge in [0.1, 0.15) is 18.2 Å². The zero-order valence-electron chi connectivity index (χ0n) is 19.3. The summed E-state index contributed by atoms with van der Waals surface area (Å²) in [7, 11) is 0. The number of hydrogen-bond acceptors (Lipinski definition) is 5. The number of amides is 3. The van der Waals surface area contributed by atoms with Gasteiger partial charge < -0.3 is 14.8 Å². The molecular weight excluding hydrogens is 422 g/mol. The van der Waals surface area contributed by atoms with Crippen molar-refractivity contribution in [3.05, 3.63) is 71.8 Å². The van der Waals surface area contributed by atoms with Gasteiger partial charge in [-0.25, -0.2) is 19.6 Å². The Balaban J connectivity index is 1.71. The van der Waals surface area contributed by atoms with Crippen LogP contribution in [0.2, 0.25) is 0 Å². The second-order valence-corrected chi connectivity index (χ2v) is 8.87. The SMILES string of the molecule is CC(C)(C)OC(=O)N1CCCN1C(=O)[C@H](Cc1ccccc1)NC(=O)OCc1ccccc1. The van der Waals surface area contributed by atoms with Crippen LogP contribution in [0.1, 0.15) is 38.3 Å². The summed E-state index contributed by atoms with van der Waals surface area (Å²) in [5.41, 5.74) is 1.04. The van der Waals surface area contributed by atoms with E-state index in [9.17, 15) is 14.4 Å². The van der Waals surface area contributed by atoms with Crippen LogP contribution < -0.4 is 5.32 Å². The molecule has 176 valence electrons. The molecule has 0 radical (unpaired) electrons. The number of ether oxygens (including phenoxy) is 2. The Morgan fingerprint density at radius 3 is 2.09 bits per heavy atom. The summed E-state index contributed by atoms with van der Waals surface area (Å²) in [5, 5.41) is 5.36. The summed E-state index contributed by atoms with van der Waals surface area (Å²) < 4.78 is 10.8. The molecule has 1 fully saturated rings. The number of hydrogen-bond donors (Lipinski definition) is 1. The van der Waals surface area contributed by atoms with Crippen molar-refractivity contribution in [2.45, 2.75) is 51.9 Å². The largest absolute Gasteiger partial charge is 0.445 e. The Morgan fingerprint density at radius 1 is 0.909 bits per heavy atom. The molecule has 0 bridgehead atoms. The first-order valence-electron chi connectivity index (χ1n) is 11.1. The minimum atomic E-state index is -0.904. The van der Waals surface area contributed by atoms with Crippen molar-refractivity contribution in [2.75, 3.05) is 13.1 Å². The highest BCUT2D eigenvalue weighted by Gasteiger charge is 2.37. The maximum absolute atomic E-state index is 13.4. The molecular formula is C25H31N3O5. The van der Waals surface area contributed by atoms with Crippen LogP contribution in [0.15, 0.2) is 60.7 Å². The van der Waals surface area contributed by atoms with E-state index in [2.05, 4.69) is 5.32 Å². The normalized spacial score (nSPS) is 14.5. The number of nitrogens with one attached hydrogen (secondary N) is 1. The van der Waals surface area contributed by atoms with Gasteiger partial charge in [0.15, 0.2) is 0 Å². The highest BCUT2D eigenvalue weighted by molar-refractivity contribution is 5.87. The Labute approximate surface area is 194 Å². The van der Waals surface area contributed by atoms with E-state index in [0.29, 0.717) is 19.5 Å². The summed E-state index contributed by atoms with van der Waals surface area (Å²) in [6.45, 7) is 6.15. The molecule has 2 aromatic carbocycles. The van der Waals surface area contributed by atoms with Gasteiger partial charge in [-0.2, -0.15) is 0 Å². The second-order valence-electron chi connectivity index (χ2n) is 8.87. The van der Waals surface area contributed by atoms with Crippen molar-refractivity contribution >= 4 is 18.1 Å². The molecule has 1 atom stereocenters. The van der Waals surface area contributed by atoms with Gasteiger partial charge in [-0.3, -0.25) is 4.79 Å². The molecule has 1 N–H and O–H groups in total. The lowest BCUT2D eigenvalue weighted by atomic mass is 10.1. The van der Waals surface area contributed by atoms with Gasteiger partial charge in [0, 0.05) is 19.5 Å². The van der Waals surface area contributed by atoms with Gasteiger partial charge in [-0.05, 0) is 38.3 Å². The topological polar surface area (TPSA) is 88.2 Å². The molecule has 1 heterocycles. The van der Waals surface area contributed by atoms with E-state index in [-0.39, 0.29) is 18.9 Å². The molecule has 3 amide bonds. The fraction of sp³-hybridized carbons (Fsp3) is 0.400. The van der Waals surface area contributed by atoms with Crippen molar-refractivity contribution in [3.63, 3.8) is 0 Å². The third-order valence-corrected chi connectivity index (χ3v) is 4.98. The van der Waals surface area contributed by atoms with Crippen molar-refractivity contribution in [1.82, 2.24) is 15.3 Å². The number of carbonyl (C=O) groups is 3. The lowest BCUT2D eigenvalue weighted by Crippen LogP contribution is -2.55. The molecule has 0 saturated carbocycles. The minimum Gasteiger partial charge on any atom is -0.445 e. The van der Waals surface area contributed by atoms with E-state index in [1.807, 2.05) is 60.7 Å². The lowest BCUT2D eigenvalue weighted by molar-refractivity contribution is -0.145. The zero-order valence-corrected chi connectivity index (χ0v) is 19.3. The molecule has 2 aromatic rings. The smallest absolute Gasteiger partial charge is 0.429 e. The first-order chi connectivity index (χ1) is 15.7. The molecule has 8 heteroatoms. The number of carbonyl (C=O) groups excluding carboxylic acids is 3. The van der Waals surface area contributed by atoms with Crippen LogP contribution in [0, 0.1) is 0 Å². The van der Waals surface area contributed by atoms with Crippen LogP contribution in [0.25, 0.3) is 0 Å². The summed E-state index contributed by atoms with van der Waals surface area (Å²) in [4.78, 5) is 38.6. The minimum absolute atomic E-state index is 0.0899. The number of benzene rings is 2. The number of nitrogens with zero attached hydrogens (tertiary/aromatic N) is 2. The standard InChI is InChI=1S/C25H31N3O5/c1-25(2,3)33-24(31)28-16-10-15-27(28)22(29)21(17-19-11-6-4-7-12-19)26-23(30)32-18-20-13-8-5-9-14-20/h4-9,11-14,21H,10,15-18H2,1-3H3,(H,26,30)/t21-/m0/s1. The van der Waals surface area contributed by atoms with Gasteiger partial charge >= 0.3 is 12.2 Å². The summed E-state index contributed by atoms with van der Waals surface area (Å²) in [5.74, 6) is -0.390. The van der Waals surface area contributed by atoms with Gasteiger partial charge in [0.05, 0.1) is 0 Å². The van der Waals surface area contributed by atoms with E-state index in [4.69, 9.17) is 9.47 Å². The van der Waals surface area contributed by atoms with Crippen LogP contribution >= 0.6 is 0 Å². The molecule has 33 heavy (non-hydrogen) atoms. The molecule has 8 nitrogen and oxygen atoms in total. The van der Waals surface area contributed by atoms with Crippen molar-refractivity contribution < 1.29 is 23.9 Å². The van der Waals surface area contributed by atoms with E-state index < -0.39 is 23.8 Å². The highest BCUT2D eigenvalue weighted by Crippen LogP contribution is 2.18. The number of rotatable bonds is 6. The fourth-order valence-corrected chi connectivity index (χ4v) is 3.48. The van der Waals surface area contributed by atoms with E-state index in [0.717, 1.165) is 11.1 Å². The van der Waals surface area contributed by atoms with Crippen molar-refractivity contribution in [3.8, 4) is 0 Å². The summed E-state index contributed by atoms with van der Waals surface area (Å²) >= 11 is 0. The van der Waals surface area contributed by atoms with Crippen LogP contribution in [0.3, 0.4) is 0 Å². The van der Waals surface area contributed by atoms with Gasteiger partial charge in [0.2, 0.25) is 0 Å². The molecule has 1 aliphatic heterocycles. The quantitative estimate of drug-likeness (QED) is 0.717. The van der Waals surface area contributed by atoms with Crippen LogP contribution in [0.4, 0.5) is 9.59 Å². The van der Waals surface area contributed by atoms with E-state index in [1.165, 1.54) is 10.0 Å². The van der Waals surface area contributed by atoms with Gasteiger partial charge in [-0.1, -0.05) is 60.7 Å². The second kappa shape index (κ2) is 10.8. The monoisotopic (exact) mass is 453 g/mol. The molecule has 0 aromatic heterocycles. The lowest BCUT2D eigenvalue weighted by Gasteiger charge is -2.32. The number of hydrazine groups is 1. The molecule has 0 aliphatic carbocycles. The first-order valence-corrected chi connectivity index (χ1v) is 11.1. The molecule has 0 unspecified atom stereocenters. The van der Waals surface area contributed by atoms with Crippen molar-refractivity contribution in [1.29, 1.82) is 0 Å². The maximum atomic E-state index is 13.4. The average Bonchev–Trinajstić information content (AvgIpc) is 3.27. The van der Waals surface area contributed by atoms with Gasteiger partial charge in [0.25, 0.3) is 5.91 Å². The third-order valence-electron chi connectivity index (χ3n) is 4.98. The number of alkyl carbamates (subject to hydrolysis) is 1. The third kappa shape index (κ3) is 7.24. The summed E-state index contributed by atoms with van der Waals surface area (Å²) in [6, 6.07) is 17.8. The highest BCUT2D eigenvalue weighted by atomic mass is 16.6. The maximum Gasteiger partial charge on any atom is 0.429 e. The first kappa shape index (κ1) is 24.1. The fourth-order valence-electron chi connectivity index (χ4n) is 3.48. The predicted octanol–water partition coefficient (Wildman–Crippen LogP) is 3.91. The Kier molecular flexibility index (Phi) is 7.92. The Hall–Kier alpha value is -3.55. The van der Waals surface area contributed by atoms with Crippen molar-refractivity contribution in [2.24, 2.45) is 0 Å². The van der Waals surface area contributed by atoms with Crippen LogP contribution in [0.5, 0.6) is 0 Å². The molecule has 1 saturated heterocycles. The van der Waals surface area contributed by atoms with E-state index in [1.54, 1.807) is 20.8 Å². The molecule has 3 rings (SSSR count). The van der Waals surface area contributed by atoms with Gasteiger partial charge in [-0.15, -0.1) is 0 Å². The average molecular weight is 454 g/mol. The zero-order chi connectivity index (χ0) is 23.8. The predicted molar refractivity (Wildman–Crippen MR) is 123 cm³/mol. The van der Waals surface area contributed by atoms with E-state index >= 15 is 0 Å². The molecule has 1 aliphatic rings. The summed E-state index contributed by atoms with van der Waals surface area (Å²) in [6.07, 6.45) is -0.394. The van der Waals surface area contributed by atoms with Crippen LogP contribution in [-0.4, -0.2) is 52.8 Å². The van der Waals surface area contributed by atoms with Crippen LogP contribution in [-0.2, 0) is 27.3 Å². The Bertz CT molecular complexity index is 944. The Morgan fingerprint density at radius 2 is 1.48 bits per heavy atom.